The summed E-state index contributed by atoms with van der Waals surface area (Å²) in [5.74, 6) is -1.08. The van der Waals surface area contributed by atoms with Gasteiger partial charge in [-0.05, 0) is 102 Å². The molecule has 1 aliphatic heterocycles. The van der Waals surface area contributed by atoms with Gasteiger partial charge >= 0.3 is 5.97 Å². The highest BCUT2D eigenvalue weighted by atomic mass is 35.5. The average molecular weight is 844 g/mol. The van der Waals surface area contributed by atoms with Crippen molar-refractivity contribution in [1.82, 2.24) is 4.57 Å². The first-order valence-electron chi connectivity index (χ1n) is 17.7. The number of nitrogens with zero attached hydrogens (tertiary/aromatic N) is 4. The van der Waals surface area contributed by atoms with E-state index in [1.807, 2.05) is 78.9 Å². The molecule has 2 aliphatic rings. The standard InChI is InChI=1S/C41H36Cl2N6O6S2/c1-46-39(41(50)51)37(38(40(46)43)27-7-5-9-29(42)14-13-27)28-8-6-10-32(25-28)48-23-21-47(22-24-48)31-17-15-30(16-18-31)45-57(54,55)34-19-20-35(36(26-34)49(52)53)44-56-33-11-3-2-4-12-33/h2-6,8-20,25-26,44-45H,7,21-24H2,1H3,(H,50,51). The summed E-state index contributed by atoms with van der Waals surface area (Å²) in [5, 5.41) is 23.0. The van der Waals surface area contributed by atoms with Gasteiger partial charge in [-0.3, -0.25) is 14.8 Å². The summed E-state index contributed by atoms with van der Waals surface area (Å²) in [6.07, 6.45) is 7.91. The maximum Gasteiger partial charge on any atom is 0.353 e. The molecule has 2 heterocycles. The molecular formula is C41H36Cl2N6O6S2. The van der Waals surface area contributed by atoms with Crippen molar-refractivity contribution in [2.24, 2.45) is 7.05 Å². The number of nitro benzene ring substituents is 1. The molecule has 1 aliphatic carbocycles. The van der Waals surface area contributed by atoms with Gasteiger partial charge in [0, 0.05) is 77.4 Å². The largest absolute Gasteiger partial charge is 0.477 e. The van der Waals surface area contributed by atoms with Crippen LogP contribution in [0.1, 0.15) is 22.5 Å². The fourth-order valence-electron chi connectivity index (χ4n) is 6.82. The summed E-state index contributed by atoms with van der Waals surface area (Å²) in [4.78, 5) is 28.9. The number of sulfonamides is 1. The number of nitrogens with one attached hydrogen (secondary N) is 2. The molecule has 3 N–H and O–H groups in total. The number of aromatic nitrogens is 1. The van der Waals surface area contributed by atoms with Crippen LogP contribution < -0.4 is 19.2 Å². The van der Waals surface area contributed by atoms with Gasteiger partial charge in [0.1, 0.15) is 16.5 Å². The fraction of sp³-hybridized carbons (Fsp3) is 0.146. The summed E-state index contributed by atoms with van der Waals surface area (Å²) < 4.78 is 33.6. The minimum absolute atomic E-state index is 0.0946. The topological polar surface area (TPSA) is 150 Å². The van der Waals surface area contributed by atoms with Gasteiger partial charge in [-0.2, -0.15) is 0 Å². The number of allylic oxidation sites excluding steroid dienone is 6. The van der Waals surface area contributed by atoms with Crippen molar-refractivity contribution in [3.63, 3.8) is 0 Å². The molecule has 292 valence electrons. The van der Waals surface area contributed by atoms with Crippen LogP contribution in [0.3, 0.4) is 0 Å². The van der Waals surface area contributed by atoms with Gasteiger partial charge in [0.2, 0.25) is 0 Å². The van der Waals surface area contributed by atoms with E-state index in [0.717, 1.165) is 33.5 Å². The average Bonchev–Trinajstić information content (AvgIpc) is 3.31. The SMILES string of the molecule is Cn1c(Cl)c(C2=CC=C(Cl)C=CC2)c(-c2cccc(N3CCN(c4ccc(NS(=O)(=O)c5ccc(NSc6ccccc6)c([N+](=O)[O-])c5)cc4)CC3)c2)c1C(=O)O. The van der Waals surface area contributed by atoms with Crippen LogP contribution in [0.25, 0.3) is 16.7 Å². The van der Waals surface area contributed by atoms with Crippen LogP contribution in [0, 0.1) is 10.1 Å². The monoisotopic (exact) mass is 842 g/mol. The van der Waals surface area contributed by atoms with Gasteiger partial charge < -0.3 is 24.2 Å². The van der Waals surface area contributed by atoms with Crippen LogP contribution in [0.2, 0.25) is 5.15 Å². The number of halogens is 2. The van der Waals surface area contributed by atoms with Crippen molar-refractivity contribution >= 4 is 85.2 Å². The number of anilines is 4. The molecule has 16 heteroatoms. The summed E-state index contributed by atoms with van der Waals surface area (Å²) >= 11 is 14.3. The second-order valence-electron chi connectivity index (χ2n) is 13.2. The van der Waals surface area contributed by atoms with Crippen LogP contribution >= 0.6 is 35.1 Å². The highest BCUT2D eigenvalue weighted by Gasteiger charge is 2.28. The molecule has 0 atom stereocenters. The van der Waals surface area contributed by atoms with Crippen molar-refractivity contribution in [3.05, 3.63) is 153 Å². The molecule has 0 unspecified atom stereocenters. The van der Waals surface area contributed by atoms with E-state index < -0.39 is 20.9 Å². The lowest BCUT2D eigenvalue weighted by Gasteiger charge is -2.37. The van der Waals surface area contributed by atoms with E-state index in [4.69, 9.17) is 23.2 Å². The third-order valence-electron chi connectivity index (χ3n) is 9.67. The third kappa shape index (κ3) is 8.69. The van der Waals surface area contributed by atoms with Gasteiger partial charge in [-0.1, -0.05) is 65.7 Å². The quantitative estimate of drug-likeness (QED) is 0.0630. The van der Waals surface area contributed by atoms with Crippen LogP contribution in [0.4, 0.5) is 28.4 Å². The van der Waals surface area contributed by atoms with Gasteiger partial charge in [-0.15, -0.1) is 0 Å². The number of benzene rings is 4. The Balaban J connectivity index is 1.03. The number of piperazine rings is 1. The second-order valence-corrected chi connectivity index (χ2v) is 16.6. The molecule has 12 nitrogen and oxygen atoms in total. The first-order valence-corrected chi connectivity index (χ1v) is 20.8. The molecule has 0 bridgehead atoms. The number of hydrogen-bond donors (Lipinski definition) is 3. The minimum Gasteiger partial charge on any atom is -0.477 e. The Kier molecular flexibility index (Phi) is 11.7. The summed E-state index contributed by atoms with van der Waals surface area (Å²) in [6, 6.07) is 27.8. The van der Waals surface area contributed by atoms with Crippen molar-refractivity contribution in [1.29, 1.82) is 0 Å². The number of aromatic carboxylic acids is 1. The van der Waals surface area contributed by atoms with Crippen LogP contribution in [0.5, 0.6) is 0 Å². The maximum atomic E-state index is 13.3. The van der Waals surface area contributed by atoms with Crippen molar-refractivity contribution < 1.29 is 23.2 Å². The van der Waals surface area contributed by atoms with Crippen molar-refractivity contribution in [2.45, 2.75) is 16.2 Å². The Morgan fingerprint density at radius 2 is 1.56 bits per heavy atom. The zero-order valence-electron chi connectivity index (χ0n) is 30.4. The molecule has 0 spiro atoms. The molecule has 0 radical (unpaired) electrons. The van der Waals surface area contributed by atoms with Crippen molar-refractivity contribution in [3.8, 4) is 11.1 Å². The highest BCUT2D eigenvalue weighted by molar-refractivity contribution is 8.00. The van der Waals surface area contributed by atoms with Gasteiger partial charge in [-0.25, -0.2) is 13.2 Å². The predicted octanol–water partition coefficient (Wildman–Crippen LogP) is 9.66. The molecule has 0 amide bonds. The maximum absolute atomic E-state index is 13.3. The van der Waals surface area contributed by atoms with Gasteiger partial charge in [0.25, 0.3) is 15.7 Å². The van der Waals surface area contributed by atoms with Gasteiger partial charge in [0.15, 0.2) is 0 Å². The molecule has 4 aromatic carbocycles. The number of rotatable bonds is 12. The zero-order chi connectivity index (χ0) is 40.3. The Morgan fingerprint density at radius 3 is 2.25 bits per heavy atom. The Hall–Kier alpha value is -5.67. The lowest BCUT2D eigenvalue weighted by Crippen LogP contribution is -2.46. The summed E-state index contributed by atoms with van der Waals surface area (Å²) in [6.45, 7) is 2.71. The molecule has 1 fully saturated rings. The molecule has 1 aromatic heterocycles. The number of carbonyl (C=O) groups is 1. The lowest BCUT2D eigenvalue weighted by atomic mass is 9.94. The number of nitro groups is 1. The van der Waals surface area contributed by atoms with E-state index in [2.05, 4.69) is 19.2 Å². The molecule has 5 aromatic rings. The molecule has 7 rings (SSSR count). The number of carboxylic acids is 1. The third-order valence-corrected chi connectivity index (χ3v) is 12.6. The van der Waals surface area contributed by atoms with E-state index >= 15 is 0 Å². The number of hydrogen-bond acceptors (Lipinski definition) is 9. The number of carboxylic acid groups (broad SMARTS) is 1. The minimum atomic E-state index is -4.14. The van der Waals surface area contributed by atoms with Crippen molar-refractivity contribution in [2.75, 3.05) is 45.4 Å². The van der Waals surface area contributed by atoms with Crippen LogP contribution in [0.15, 0.2) is 136 Å². The summed E-state index contributed by atoms with van der Waals surface area (Å²) in [7, 11) is -2.49. The highest BCUT2D eigenvalue weighted by Crippen LogP contribution is 2.42. The van der Waals surface area contributed by atoms with E-state index in [-0.39, 0.29) is 22.0 Å². The Labute approximate surface area is 344 Å². The Bertz CT molecular complexity index is 2550. The van der Waals surface area contributed by atoms with E-state index in [9.17, 15) is 28.4 Å². The molecule has 1 saturated heterocycles. The van der Waals surface area contributed by atoms with E-state index in [1.165, 1.54) is 28.6 Å². The van der Waals surface area contributed by atoms with E-state index in [0.29, 0.717) is 59.6 Å². The fourth-order valence-corrected chi connectivity index (χ4v) is 9.05. The first-order chi connectivity index (χ1) is 27.4. The van der Waals surface area contributed by atoms with E-state index in [1.54, 1.807) is 31.3 Å². The molecule has 57 heavy (non-hydrogen) atoms. The first kappa shape index (κ1) is 39.6. The smallest absolute Gasteiger partial charge is 0.353 e. The second kappa shape index (κ2) is 16.8. The van der Waals surface area contributed by atoms with Gasteiger partial charge in [0.05, 0.1) is 9.82 Å². The normalized spacial score (nSPS) is 14.4. The predicted molar refractivity (Wildman–Crippen MR) is 229 cm³/mol. The van der Waals surface area contributed by atoms with Crippen LogP contribution in [-0.2, 0) is 17.1 Å². The molecular weight excluding hydrogens is 808 g/mol. The summed E-state index contributed by atoms with van der Waals surface area (Å²) in [5.41, 5.74) is 4.85. The Morgan fingerprint density at radius 1 is 0.860 bits per heavy atom. The zero-order valence-corrected chi connectivity index (χ0v) is 33.6. The van der Waals surface area contributed by atoms with Crippen LogP contribution in [-0.4, -0.2) is 55.2 Å². The molecule has 0 saturated carbocycles. The lowest BCUT2D eigenvalue weighted by molar-refractivity contribution is -0.384.